The third-order valence-corrected chi connectivity index (χ3v) is 4.06. The number of carboxylic acid groups (broad SMARTS) is 1. The van der Waals surface area contributed by atoms with Gasteiger partial charge in [0.25, 0.3) is 0 Å². The summed E-state index contributed by atoms with van der Waals surface area (Å²) in [4.78, 5) is 36.0. The lowest BCUT2D eigenvalue weighted by molar-refractivity contribution is 0.0549. The van der Waals surface area contributed by atoms with E-state index in [0.717, 1.165) is 0 Å². The zero-order valence-corrected chi connectivity index (χ0v) is 15.1. The zero-order valence-electron chi connectivity index (χ0n) is 15.1. The summed E-state index contributed by atoms with van der Waals surface area (Å²) in [5, 5.41) is 13.5. The maximum atomic E-state index is 12.5. The van der Waals surface area contributed by atoms with Crippen molar-refractivity contribution in [1.29, 1.82) is 0 Å². The van der Waals surface area contributed by atoms with Crippen LogP contribution in [0.4, 0.5) is 0 Å². The van der Waals surface area contributed by atoms with Gasteiger partial charge in [-0.2, -0.15) is 5.10 Å². The molecule has 3 rings (SSSR count). The van der Waals surface area contributed by atoms with Crippen LogP contribution < -0.4 is 0 Å². The Hall–Kier alpha value is -3.94. The number of para-hydroxylation sites is 1. The van der Waals surface area contributed by atoms with Gasteiger partial charge in [-0.25, -0.2) is 19.1 Å². The molecule has 0 saturated carbocycles. The molecule has 1 N–H and O–H groups in total. The van der Waals surface area contributed by atoms with Gasteiger partial charge in [-0.15, -0.1) is 0 Å². The predicted octanol–water partition coefficient (Wildman–Crippen LogP) is 2.81. The van der Waals surface area contributed by atoms with Crippen LogP contribution in [0.2, 0.25) is 0 Å². The topological polar surface area (TPSA) is 108 Å². The molecular formula is C20H16N2O6. The van der Waals surface area contributed by atoms with Crippen LogP contribution in [-0.4, -0.2) is 47.0 Å². The molecule has 3 aromatic rings. The van der Waals surface area contributed by atoms with E-state index in [0.29, 0.717) is 11.3 Å². The Balaban J connectivity index is 2.30. The number of rotatable bonds is 5. The molecule has 0 radical (unpaired) electrons. The molecule has 1 aromatic heterocycles. The number of methoxy groups -OCH3 is 2. The van der Waals surface area contributed by atoms with Crippen molar-refractivity contribution in [2.24, 2.45) is 0 Å². The number of hydrogen-bond donors (Lipinski definition) is 1. The number of carboxylic acids is 1. The van der Waals surface area contributed by atoms with E-state index in [-0.39, 0.29) is 22.5 Å². The van der Waals surface area contributed by atoms with Gasteiger partial charge in [0, 0.05) is 5.56 Å². The van der Waals surface area contributed by atoms with E-state index in [4.69, 9.17) is 14.6 Å². The molecular weight excluding hydrogens is 364 g/mol. The standard InChI is InChI=1S/C20H16N2O6/c1-27-19(25)15-16(12-8-10-13(11-9-12)18(23)24)21-22(17(15)20(26)28-2)14-6-4-3-5-7-14/h3-11H,1-2H3,(H,23,24). The van der Waals surface area contributed by atoms with Crippen LogP contribution in [-0.2, 0) is 9.47 Å². The van der Waals surface area contributed by atoms with Crippen molar-refractivity contribution < 1.29 is 29.0 Å². The summed E-state index contributed by atoms with van der Waals surface area (Å²) in [6, 6.07) is 14.6. The fourth-order valence-electron chi connectivity index (χ4n) is 2.73. The number of esters is 2. The van der Waals surface area contributed by atoms with Crippen LogP contribution in [0.5, 0.6) is 0 Å². The predicted molar refractivity (Wildman–Crippen MR) is 98.6 cm³/mol. The number of aromatic carboxylic acids is 1. The van der Waals surface area contributed by atoms with Crippen molar-refractivity contribution in [2.75, 3.05) is 14.2 Å². The van der Waals surface area contributed by atoms with Gasteiger partial charge in [-0.05, 0) is 24.3 Å². The van der Waals surface area contributed by atoms with E-state index in [2.05, 4.69) is 5.10 Å². The lowest BCUT2D eigenvalue weighted by Crippen LogP contribution is -2.15. The van der Waals surface area contributed by atoms with Gasteiger partial charge >= 0.3 is 17.9 Å². The minimum absolute atomic E-state index is 0.0683. The highest BCUT2D eigenvalue weighted by Crippen LogP contribution is 2.29. The molecule has 0 saturated heterocycles. The summed E-state index contributed by atoms with van der Waals surface area (Å²) in [5.74, 6) is -2.60. The summed E-state index contributed by atoms with van der Waals surface area (Å²) in [6.45, 7) is 0. The summed E-state index contributed by atoms with van der Waals surface area (Å²) >= 11 is 0. The van der Waals surface area contributed by atoms with Crippen LogP contribution in [0, 0.1) is 0 Å². The second-order valence-electron chi connectivity index (χ2n) is 5.69. The number of hydrogen-bond acceptors (Lipinski definition) is 6. The van der Waals surface area contributed by atoms with E-state index < -0.39 is 17.9 Å². The Labute approximate surface area is 159 Å². The minimum atomic E-state index is -1.08. The molecule has 2 aromatic carbocycles. The van der Waals surface area contributed by atoms with Crippen molar-refractivity contribution >= 4 is 17.9 Å². The molecule has 142 valence electrons. The number of benzene rings is 2. The monoisotopic (exact) mass is 380 g/mol. The fourth-order valence-corrected chi connectivity index (χ4v) is 2.73. The van der Waals surface area contributed by atoms with Crippen LogP contribution >= 0.6 is 0 Å². The van der Waals surface area contributed by atoms with Crippen molar-refractivity contribution in [3.63, 3.8) is 0 Å². The molecule has 0 unspecified atom stereocenters. The lowest BCUT2D eigenvalue weighted by Gasteiger charge is -2.07. The smallest absolute Gasteiger partial charge is 0.357 e. The number of aromatic nitrogens is 2. The summed E-state index contributed by atoms with van der Waals surface area (Å²) in [7, 11) is 2.40. The van der Waals surface area contributed by atoms with E-state index in [9.17, 15) is 14.4 Å². The average molecular weight is 380 g/mol. The largest absolute Gasteiger partial charge is 0.478 e. The molecule has 0 aliphatic heterocycles. The van der Waals surface area contributed by atoms with Gasteiger partial charge in [0.2, 0.25) is 0 Å². The highest BCUT2D eigenvalue weighted by atomic mass is 16.5. The van der Waals surface area contributed by atoms with Crippen LogP contribution in [0.25, 0.3) is 16.9 Å². The van der Waals surface area contributed by atoms with Gasteiger partial charge in [0.1, 0.15) is 11.3 Å². The molecule has 0 atom stereocenters. The van der Waals surface area contributed by atoms with Crippen molar-refractivity contribution in [2.45, 2.75) is 0 Å². The number of ether oxygens (including phenoxy) is 2. The number of carbonyl (C=O) groups is 3. The molecule has 0 spiro atoms. The Kier molecular flexibility index (Phi) is 5.21. The van der Waals surface area contributed by atoms with Crippen LogP contribution in [0.15, 0.2) is 54.6 Å². The van der Waals surface area contributed by atoms with Gasteiger partial charge in [-0.1, -0.05) is 30.3 Å². The molecule has 8 nitrogen and oxygen atoms in total. The minimum Gasteiger partial charge on any atom is -0.478 e. The van der Waals surface area contributed by atoms with E-state index >= 15 is 0 Å². The van der Waals surface area contributed by atoms with Gasteiger partial charge < -0.3 is 14.6 Å². The SMILES string of the molecule is COC(=O)c1c(-c2ccc(C(=O)O)cc2)nn(-c2ccccc2)c1C(=O)OC. The maximum absolute atomic E-state index is 12.5. The van der Waals surface area contributed by atoms with Crippen LogP contribution in [0.3, 0.4) is 0 Å². The fraction of sp³-hybridized carbons (Fsp3) is 0.100. The van der Waals surface area contributed by atoms with Gasteiger partial charge in [-0.3, -0.25) is 0 Å². The molecule has 0 aliphatic carbocycles. The molecule has 0 fully saturated rings. The highest BCUT2D eigenvalue weighted by molar-refractivity contribution is 6.07. The van der Waals surface area contributed by atoms with Crippen molar-refractivity contribution in [3.8, 4) is 16.9 Å². The summed E-state index contributed by atoms with van der Waals surface area (Å²) in [5.41, 5.74) is 1.10. The lowest BCUT2D eigenvalue weighted by atomic mass is 10.0. The first-order chi connectivity index (χ1) is 13.5. The zero-order chi connectivity index (χ0) is 20.3. The number of nitrogens with zero attached hydrogens (tertiary/aromatic N) is 2. The number of carbonyl (C=O) groups excluding carboxylic acids is 2. The Morgan fingerprint density at radius 1 is 0.893 bits per heavy atom. The third-order valence-electron chi connectivity index (χ3n) is 4.06. The van der Waals surface area contributed by atoms with Gasteiger partial charge in [0.05, 0.1) is 25.5 Å². The second-order valence-corrected chi connectivity index (χ2v) is 5.69. The quantitative estimate of drug-likeness (QED) is 0.678. The Morgan fingerprint density at radius 2 is 1.50 bits per heavy atom. The first-order valence-electron chi connectivity index (χ1n) is 8.16. The molecule has 0 amide bonds. The maximum Gasteiger partial charge on any atom is 0.357 e. The molecule has 1 heterocycles. The average Bonchev–Trinajstić information content (AvgIpc) is 3.14. The van der Waals surface area contributed by atoms with Crippen molar-refractivity contribution in [3.05, 3.63) is 71.4 Å². The Bertz CT molecular complexity index is 1040. The van der Waals surface area contributed by atoms with Gasteiger partial charge in [0.15, 0.2) is 5.69 Å². The second kappa shape index (κ2) is 7.75. The molecule has 0 bridgehead atoms. The molecule has 0 aliphatic rings. The molecule has 28 heavy (non-hydrogen) atoms. The first-order valence-corrected chi connectivity index (χ1v) is 8.16. The summed E-state index contributed by atoms with van der Waals surface area (Å²) in [6.07, 6.45) is 0. The summed E-state index contributed by atoms with van der Waals surface area (Å²) < 4.78 is 11.0. The Morgan fingerprint density at radius 3 is 2.04 bits per heavy atom. The normalized spacial score (nSPS) is 10.4. The van der Waals surface area contributed by atoms with E-state index in [1.807, 2.05) is 0 Å². The van der Waals surface area contributed by atoms with E-state index in [1.165, 1.54) is 43.2 Å². The first kappa shape index (κ1) is 18.8. The highest BCUT2D eigenvalue weighted by Gasteiger charge is 2.31. The molecule has 8 heteroatoms. The third kappa shape index (κ3) is 3.35. The van der Waals surface area contributed by atoms with Crippen LogP contribution in [0.1, 0.15) is 31.2 Å². The van der Waals surface area contributed by atoms with Crippen molar-refractivity contribution in [1.82, 2.24) is 9.78 Å². The van der Waals surface area contributed by atoms with E-state index in [1.54, 1.807) is 30.3 Å².